The molecule has 1 unspecified atom stereocenters. The van der Waals surface area contributed by atoms with Gasteiger partial charge in [0.05, 0.1) is 6.10 Å². The smallest absolute Gasteiger partial charge is 0.123 e. The monoisotopic (exact) mass is 336 g/mol. The van der Waals surface area contributed by atoms with Crippen molar-refractivity contribution >= 4 is 5.69 Å². The van der Waals surface area contributed by atoms with Gasteiger partial charge in [0.2, 0.25) is 0 Å². The standard InChI is InChI=1S/C20H33FN2O/c1-2-3-4-5-6-7-8-20(24)17-22-13-15-23(16-14-22)19-11-9-18(21)10-12-19/h9-12,20,24H,2-8,13-17H2,1H3. The van der Waals surface area contributed by atoms with Gasteiger partial charge in [0.25, 0.3) is 0 Å². The number of hydrogen-bond donors (Lipinski definition) is 1. The molecule has 0 aromatic heterocycles. The van der Waals surface area contributed by atoms with E-state index in [4.69, 9.17) is 0 Å². The maximum absolute atomic E-state index is 13.0. The van der Waals surface area contributed by atoms with Crippen LogP contribution in [0.5, 0.6) is 0 Å². The minimum Gasteiger partial charge on any atom is -0.392 e. The van der Waals surface area contributed by atoms with Gasteiger partial charge in [0.1, 0.15) is 5.82 Å². The summed E-state index contributed by atoms with van der Waals surface area (Å²) in [5.74, 6) is -0.185. The van der Waals surface area contributed by atoms with E-state index < -0.39 is 0 Å². The van der Waals surface area contributed by atoms with Crippen LogP contribution in [0.4, 0.5) is 10.1 Å². The van der Waals surface area contributed by atoms with Crippen molar-refractivity contribution in [2.75, 3.05) is 37.6 Å². The summed E-state index contributed by atoms with van der Waals surface area (Å²) in [4.78, 5) is 4.64. The molecular weight excluding hydrogens is 303 g/mol. The number of anilines is 1. The van der Waals surface area contributed by atoms with Crippen LogP contribution in [-0.2, 0) is 0 Å². The van der Waals surface area contributed by atoms with E-state index in [0.717, 1.165) is 51.3 Å². The molecule has 1 aromatic rings. The van der Waals surface area contributed by atoms with Crippen LogP contribution in [0.25, 0.3) is 0 Å². The normalized spacial score (nSPS) is 17.2. The zero-order valence-corrected chi connectivity index (χ0v) is 15.1. The highest BCUT2D eigenvalue weighted by atomic mass is 19.1. The summed E-state index contributed by atoms with van der Waals surface area (Å²) in [7, 11) is 0. The first-order chi connectivity index (χ1) is 11.7. The molecule has 1 aromatic carbocycles. The van der Waals surface area contributed by atoms with Crippen molar-refractivity contribution in [3.63, 3.8) is 0 Å². The van der Waals surface area contributed by atoms with Gasteiger partial charge < -0.3 is 10.0 Å². The van der Waals surface area contributed by atoms with Gasteiger partial charge in [-0.15, -0.1) is 0 Å². The van der Waals surface area contributed by atoms with Gasteiger partial charge in [0.15, 0.2) is 0 Å². The van der Waals surface area contributed by atoms with Crippen LogP contribution in [-0.4, -0.2) is 48.8 Å². The van der Waals surface area contributed by atoms with Crippen LogP contribution in [0.1, 0.15) is 51.9 Å². The first-order valence-corrected chi connectivity index (χ1v) is 9.60. The molecule has 3 nitrogen and oxygen atoms in total. The zero-order valence-electron chi connectivity index (χ0n) is 15.1. The van der Waals surface area contributed by atoms with Gasteiger partial charge in [-0.05, 0) is 30.7 Å². The summed E-state index contributed by atoms with van der Waals surface area (Å²) >= 11 is 0. The average Bonchev–Trinajstić information content (AvgIpc) is 2.59. The predicted octanol–water partition coefficient (Wildman–Crippen LogP) is 4.06. The number of aliphatic hydroxyl groups excluding tert-OH is 1. The molecule has 4 heteroatoms. The second-order valence-electron chi connectivity index (χ2n) is 6.97. The molecule has 1 N–H and O–H groups in total. The minimum atomic E-state index is -0.200. The molecule has 0 bridgehead atoms. The highest BCUT2D eigenvalue weighted by Crippen LogP contribution is 2.17. The summed E-state index contributed by atoms with van der Waals surface area (Å²) in [6, 6.07) is 6.73. The molecule has 0 radical (unpaired) electrons. The Labute approximate surface area is 146 Å². The van der Waals surface area contributed by atoms with Crippen molar-refractivity contribution in [1.29, 1.82) is 0 Å². The summed E-state index contributed by atoms with van der Waals surface area (Å²) in [6.45, 7) is 6.83. The Balaban J connectivity index is 1.59. The highest BCUT2D eigenvalue weighted by Gasteiger charge is 2.19. The van der Waals surface area contributed by atoms with Crippen molar-refractivity contribution in [2.24, 2.45) is 0 Å². The predicted molar refractivity (Wildman–Crippen MR) is 99.1 cm³/mol. The Morgan fingerprint density at radius 1 is 0.958 bits per heavy atom. The van der Waals surface area contributed by atoms with Gasteiger partial charge in [-0.2, -0.15) is 0 Å². The van der Waals surface area contributed by atoms with Crippen molar-refractivity contribution in [3.05, 3.63) is 30.1 Å². The van der Waals surface area contributed by atoms with E-state index in [0.29, 0.717) is 0 Å². The number of hydrogen-bond acceptors (Lipinski definition) is 3. The van der Waals surface area contributed by atoms with E-state index in [1.165, 1.54) is 44.2 Å². The van der Waals surface area contributed by atoms with Crippen LogP contribution in [0.2, 0.25) is 0 Å². The fraction of sp³-hybridized carbons (Fsp3) is 0.700. The lowest BCUT2D eigenvalue weighted by molar-refractivity contribution is 0.0996. The van der Waals surface area contributed by atoms with E-state index >= 15 is 0 Å². The fourth-order valence-electron chi connectivity index (χ4n) is 3.39. The third kappa shape index (κ3) is 6.78. The molecule has 24 heavy (non-hydrogen) atoms. The second kappa shape index (κ2) is 10.7. The maximum atomic E-state index is 13.0. The third-order valence-corrected chi connectivity index (χ3v) is 4.92. The van der Waals surface area contributed by atoms with Gasteiger partial charge in [-0.25, -0.2) is 4.39 Å². The first kappa shape index (κ1) is 19.2. The Hall–Kier alpha value is -1.13. The van der Waals surface area contributed by atoms with E-state index in [1.807, 2.05) is 12.1 Å². The second-order valence-corrected chi connectivity index (χ2v) is 6.97. The van der Waals surface area contributed by atoms with Crippen molar-refractivity contribution in [1.82, 2.24) is 4.90 Å². The van der Waals surface area contributed by atoms with Crippen molar-refractivity contribution in [3.8, 4) is 0 Å². The lowest BCUT2D eigenvalue weighted by Crippen LogP contribution is -2.48. The van der Waals surface area contributed by atoms with Gasteiger partial charge in [-0.1, -0.05) is 45.4 Å². The first-order valence-electron chi connectivity index (χ1n) is 9.60. The third-order valence-electron chi connectivity index (χ3n) is 4.92. The van der Waals surface area contributed by atoms with Gasteiger partial charge in [-0.3, -0.25) is 4.90 Å². The summed E-state index contributed by atoms with van der Waals surface area (Å²) < 4.78 is 13.0. The SMILES string of the molecule is CCCCCCCCC(O)CN1CCN(c2ccc(F)cc2)CC1. The molecule has 0 amide bonds. The van der Waals surface area contributed by atoms with Gasteiger partial charge in [0, 0.05) is 38.4 Å². The zero-order chi connectivity index (χ0) is 17.2. The molecule has 0 spiro atoms. The Bertz CT molecular complexity index is 443. The maximum Gasteiger partial charge on any atom is 0.123 e. The molecule has 1 saturated heterocycles. The Morgan fingerprint density at radius 3 is 2.25 bits per heavy atom. The molecule has 1 atom stereocenters. The number of nitrogens with zero attached hydrogens (tertiary/aromatic N) is 2. The topological polar surface area (TPSA) is 26.7 Å². The lowest BCUT2D eigenvalue weighted by Gasteiger charge is -2.37. The number of halogens is 1. The summed E-state index contributed by atoms with van der Waals surface area (Å²) in [6.07, 6.45) is 8.36. The molecule has 1 heterocycles. The van der Waals surface area contributed by atoms with Gasteiger partial charge >= 0.3 is 0 Å². The summed E-state index contributed by atoms with van der Waals surface area (Å²) in [5, 5.41) is 10.2. The number of piperazine rings is 1. The van der Waals surface area contributed by atoms with Crippen LogP contribution in [0.3, 0.4) is 0 Å². The molecule has 1 aliphatic rings. The number of benzene rings is 1. The molecule has 2 rings (SSSR count). The fourth-order valence-corrected chi connectivity index (χ4v) is 3.39. The van der Waals surface area contributed by atoms with Crippen LogP contribution in [0.15, 0.2) is 24.3 Å². The molecular formula is C20H33FN2O. The van der Waals surface area contributed by atoms with Crippen LogP contribution >= 0.6 is 0 Å². The number of aliphatic hydroxyl groups is 1. The Morgan fingerprint density at radius 2 is 1.58 bits per heavy atom. The van der Waals surface area contributed by atoms with Crippen LogP contribution in [0, 0.1) is 5.82 Å². The Kier molecular flexibility index (Phi) is 8.54. The van der Waals surface area contributed by atoms with E-state index in [-0.39, 0.29) is 11.9 Å². The molecule has 0 saturated carbocycles. The number of rotatable bonds is 10. The lowest BCUT2D eigenvalue weighted by atomic mass is 10.1. The molecule has 1 fully saturated rings. The number of unbranched alkanes of at least 4 members (excludes halogenated alkanes) is 5. The van der Waals surface area contributed by atoms with Crippen LogP contribution < -0.4 is 4.90 Å². The summed E-state index contributed by atoms with van der Waals surface area (Å²) in [5.41, 5.74) is 1.09. The minimum absolute atomic E-state index is 0.185. The average molecular weight is 336 g/mol. The molecule has 1 aliphatic heterocycles. The highest BCUT2D eigenvalue weighted by molar-refractivity contribution is 5.46. The molecule has 0 aliphatic carbocycles. The van der Waals surface area contributed by atoms with E-state index in [9.17, 15) is 9.50 Å². The number of β-amino-alcohol motifs (C(OH)–C–C–N with tert-alkyl or cyclic N) is 1. The van der Waals surface area contributed by atoms with Crippen molar-refractivity contribution < 1.29 is 9.50 Å². The van der Waals surface area contributed by atoms with E-state index in [2.05, 4.69) is 16.7 Å². The van der Waals surface area contributed by atoms with E-state index in [1.54, 1.807) is 0 Å². The van der Waals surface area contributed by atoms with Crippen molar-refractivity contribution in [2.45, 2.75) is 58.0 Å². The quantitative estimate of drug-likeness (QED) is 0.653. The molecule has 136 valence electrons. The largest absolute Gasteiger partial charge is 0.392 e.